The normalized spacial score (nSPS) is 16.2. The highest BCUT2D eigenvalue weighted by atomic mass is 16.5. The minimum absolute atomic E-state index is 0.0402. The third-order valence-electron chi connectivity index (χ3n) is 7.48. The van der Waals surface area contributed by atoms with Gasteiger partial charge in [-0.15, -0.1) is 0 Å². The number of hydrogen-bond donors (Lipinski definition) is 1. The van der Waals surface area contributed by atoms with Crippen LogP contribution in [0.25, 0.3) is 0 Å². The van der Waals surface area contributed by atoms with Gasteiger partial charge in [0.05, 0.1) is 25.3 Å². The van der Waals surface area contributed by atoms with E-state index in [0.717, 1.165) is 60.3 Å². The van der Waals surface area contributed by atoms with E-state index in [0.29, 0.717) is 6.54 Å². The summed E-state index contributed by atoms with van der Waals surface area (Å²) in [5, 5.41) is 3.25. The molecule has 0 aliphatic carbocycles. The van der Waals surface area contributed by atoms with Crippen molar-refractivity contribution in [2.75, 3.05) is 44.7 Å². The summed E-state index contributed by atoms with van der Waals surface area (Å²) in [6.45, 7) is 3.94. The largest absolute Gasteiger partial charge is 0.497 e. The second-order valence-corrected chi connectivity index (χ2v) is 9.61. The summed E-state index contributed by atoms with van der Waals surface area (Å²) in [6, 6.07) is 27.6. The molecule has 0 radical (unpaired) electrons. The first-order valence-corrected chi connectivity index (χ1v) is 13.0. The number of nitrogens with zero attached hydrogens (tertiary/aromatic N) is 2. The summed E-state index contributed by atoms with van der Waals surface area (Å²) in [6.07, 6.45) is 1.70. The Hall–Kier alpha value is -4.23. The van der Waals surface area contributed by atoms with Crippen molar-refractivity contribution in [3.8, 4) is 17.2 Å². The maximum absolute atomic E-state index is 13.7. The number of nitrogens with one attached hydrogen (secondary N) is 1. The average Bonchev–Trinajstić information content (AvgIpc) is 3.51. The van der Waals surface area contributed by atoms with Crippen LogP contribution in [-0.4, -0.2) is 50.6 Å². The fraction of sp³-hybridized carbons (Fsp3) is 0.258. The predicted molar refractivity (Wildman–Crippen MR) is 146 cm³/mol. The molecule has 1 atom stereocenters. The lowest BCUT2D eigenvalue weighted by Crippen LogP contribution is -2.50. The van der Waals surface area contributed by atoms with Crippen molar-refractivity contribution in [1.82, 2.24) is 10.2 Å². The van der Waals surface area contributed by atoms with E-state index in [2.05, 4.69) is 27.2 Å². The van der Waals surface area contributed by atoms with Gasteiger partial charge in [0.2, 0.25) is 5.91 Å². The second-order valence-electron chi connectivity index (χ2n) is 9.61. The molecule has 194 valence electrons. The minimum Gasteiger partial charge on any atom is -0.497 e. The third kappa shape index (κ3) is 4.73. The zero-order chi connectivity index (χ0) is 25.9. The van der Waals surface area contributed by atoms with Crippen molar-refractivity contribution in [3.63, 3.8) is 0 Å². The Balaban J connectivity index is 1.17. The Morgan fingerprint density at radius 3 is 2.16 bits per heavy atom. The molecule has 3 aromatic carbocycles. The molecule has 0 spiro atoms. The van der Waals surface area contributed by atoms with Gasteiger partial charge in [0.1, 0.15) is 23.0 Å². The first-order chi connectivity index (χ1) is 18.7. The highest BCUT2D eigenvalue weighted by Crippen LogP contribution is 2.44. The van der Waals surface area contributed by atoms with Crippen molar-refractivity contribution < 1.29 is 18.7 Å². The number of rotatable bonds is 7. The number of para-hydroxylation sites is 2. The molecule has 38 heavy (non-hydrogen) atoms. The zero-order valence-corrected chi connectivity index (χ0v) is 21.4. The van der Waals surface area contributed by atoms with Gasteiger partial charge in [0, 0.05) is 49.5 Å². The highest BCUT2D eigenvalue weighted by Gasteiger charge is 2.34. The third-order valence-corrected chi connectivity index (χ3v) is 7.48. The lowest BCUT2D eigenvalue weighted by atomic mass is 9.87. The number of carbonyl (C=O) groups excluding carboxylic acids is 1. The Morgan fingerprint density at radius 1 is 0.895 bits per heavy atom. The van der Waals surface area contributed by atoms with Crippen molar-refractivity contribution in [2.24, 2.45) is 0 Å². The van der Waals surface area contributed by atoms with Gasteiger partial charge >= 0.3 is 0 Å². The van der Waals surface area contributed by atoms with Crippen LogP contribution in [0.5, 0.6) is 17.2 Å². The quantitative estimate of drug-likeness (QED) is 0.369. The van der Waals surface area contributed by atoms with Gasteiger partial charge in [-0.05, 0) is 48.5 Å². The molecule has 0 bridgehead atoms. The van der Waals surface area contributed by atoms with Gasteiger partial charge in [-0.1, -0.05) is 36.4 Å². The van der Waals surface area contributed by atoms with Gasteiger partial charge < -0.3 is 24.1 Å². The Morgan fingerprint density at radius 2 is 1.55 bits per heavy atom. The molecule has 1 saturated heterocycles. The number of amides is 1. The molecule has 1 N–H and O–H groups in total. The monoisotopic (exact) mass is 509 g/mol. The van der Waals surface area contributed by atoms with E-state index >= 15 is 0 Å². The Bertz CT molecular complexity index is 1330. The van der Waals surface area contributed by atoms with Crippen LogP contribution in [-0.2, 0) is 4.79 Å². The summed E-state index contributed by atoms with van der Waals surface area (Å²) in [5.41, 5.74) is 2.95. The number of anilines is 1. The van der Waals surface area contributed by atoms with Gasteiger partial charge in [-0.2, -0.15) is 0 Å². The number of hydrogen-bond acceptors (Lipinski definition) is 6. The smallest absolute Gasteiger partial charge is 0.232 e. The van der Waals surface area contributed by atoms with Crippen LogP contribution in [0.1, 0.15) is 28.8 Å². The van der Waals surface area contributed by atoms with E-state index in [1.54, 1.807) is 13.4 Å². The van der Waals surface area contributed by atoms with E-state index in [1.807, 2.05) is 72.8 Å². The minimum atomic E-state index is -0.430. The fourth-order valence-electron chi connectivity index (χ4n) is 5.47. The molecule has 4 aromatic rings. The van der Waals surface area contributed by atoms with Crippen LogP contribution in [0.2, 0.25) is 0 Å². The molecule has 6 rings (SSSR count). The molecule has 1 amide bonds. The summed E-state index contributed by atoms with van der Waals surface area (Å²) >= 11 is 0. The molecular formula is C31H31N3O4. The van der Waals surface area contributed by atoms with Crippen LogP contribution in [0, 0.1) is 0 Å². The molecule has 1 fully saturated rings. The van der Waals surface area contributed by atoms with Crippen LogP contribution >= 0.6 is 0 Å². The molecule has 1 aromatic heterocycles. The maximum Gasteiger partial charge on any atom is 0.232 e. The van der Waals surface area contributed by atoms with E-state index < -0.39 is 5.92 Å². The van der Waals surface area contributed by atoms with E-state index in [4.69, 9.17) is 13.9 Å². The maximum atomic E-state index is 13.7. The van der Waals surface area contributed by atoms with Gasteiger partial charge in [0.15, 0.2) is 0 Å². The first-order valence-electron chi connectivity index (χ1n) is 13.0. The SMILES string of the molecule is COc1ccc(N2CCN(C(CNC(=O)C3c4ccccc4Oc4ccccc43)c3ccco3)CC2)cc1. The Labute approximate surface area is 222 Å². The summed E-state index contributed by atoms with van der Waals surface area (Å²) in [7, 11) is 1.68. The van der Waals surface area contributed by atoms with Gasteiger partial charge in [0.25, 0.3) is 0 Å². The van der Waals surface area contributed by atoms with E-state index in [-0.39, 0.29) is 11.9 Å². The van der Waals surface area contributed by atoms with Crippen molar-refractivity contribution >= 4 is 11.6 Å². The van der Waals surface area contributed by atoms with Crippen molar-refractivity contribution in [1.29, 1.82) is 0 Å². The standard InChI is InChI=1S/C31H31N3O4/c1-36-23-14-12-22(13-15-23)33-16-18-34(19-17-33)26(29-11-6-20-37-29)21-32-31(35)30-24-7-2-4-9-27(24)38-28-10-5-3-8-25(28)30/h2-15,20,26,30H,16-19,21H2,1H3,(H,32,35). The summed E-state index contributed by atoms with van der Waals surface area (Å²) in [4.78, 5) is 18.5. The zero-order valence-electron chi connectivity index (χ0n) is 21.4. The van der Waals surface area contributed by atoms with Crippen LogP contribution in [0.3, 0.4) is 0 Å². The number of fused-ring (bicyclic) bond motifs is 2. The molecule has 2 aliphatic rings. The predicted octanol–water partition coefficient (Wildman–Crippen LogP) is 5.21. The Kier molecular flexibility index (Phi) is 6.75. The molecule has 7 heteroatoms. The molecule has 1 unspecified atom stereocenters. The van der Waals surface area contributed by atoms with Gasteiger partial charge in [-0.25, -0.2) is 0 Å². The molecule has 0 saturated carbocycles. The van der Waals surface area contributed by atoms with Crippen LogP contribution < -0.4 is 19.7 Å². The fourth-order valence-corrected chi connectivity index (χ4v) is 5.47. The second kappa shape index (κ2) is 10.6. The topological polar surface area (TPSA) is 67.2 Å². The molecule has 7 nitrogen and oxygen atoms in total. The number of carbonyl (C=O) groups is 1. The van der Waals surface area contributed by atoms with Crippen LogP contribution in [0.15, 0.2) is 95.6 Å². The molecule has 2 aliphatic heterocycles. The van der Waals surface area contributed by atoms with E-state index in [1.165, 1.54) is 5.69 Å². The number of piperazine rings is 1. The van der Waals surface area contributed by atoms with E-state index in [9.17, 15) is 4.79 Å². The molecular weight excluding hydrogens is 478 g/mol. The number of ether oxygens (including phenoxy) is 2. The van der Waals surface area contributed by atoms with Crippen LogP contribution in [0.4, 0.5) is 5.69 Å². The number of methoxy groups -OCH3 is 1. The highest BCUT2D eigenvalue weighted by molar-refractivity contribution is 5.89. The lowest BCUT2D eigenvalue weighted by Gasteiger charge is -2.39. The number of furan rings is 1. The van der Waals surface area contributed by atoms with Gasteiger partial charge in [-0.3, -0.25) is 9.69 Å². The summed E-state index contributed by atoms with van der Waals surface area (Å²) < 4.78 is 17.2. The van der Waals surface area contributed by atoms with Crippen molar-refractivity contribution in [2.45, 2.75) is 12.0 Å². The first kappa shape index (κ1) is 24.1. The summed E-state index contributed by atoms with van der Waals surface area (Å²) in [5.74, 6) is 2.70. The van der Waals surface area contributed by atoms with Crippen molar-refractivity contribution in [3.05, 3.63) is 108 Å². The molecule has 3 heterocycles. The lowest BCUT2D eigenvalue weighted by molar-refractivity contribution is -0.122. The number of benzene rings is 3. The average molecular weight is 510 g/mol.